The van der Waals surface area contributed by atoms with Gasteiger partial charge in [-0.05, 0) is 53.0 Å². The molecule has 3 rings (SSSR count). The molecule has 0 spiro atoms. The maximum Gasteiger partial charge on any atom is 0.253 e. The number of amides is 1. The molecular weight excluding hydrogens is 404 g/mol. The van der Waals surface area contributed by atoms with Crippen LogP contribution in [-0.4, -0.2) is 31.2 Å². The molecule has 1 unspecified atom stereocenters. The molecule has 1 saturated heterocycles. The zero-order chi connectivity index (χ0) is 16.4. The Balaban J connectivity index is 1.73. The SMILES string of the molecule is O=C(NCc1ccco1)C1CCCN1S(=O)(=O)c1ccc(Br)s1. The third-order valence-electron chi connectivity index (χ3n) is 3.63. The van der Waals surface area contributed by atoms with E-state index in [0.717, 1.165) is 15.1 Å². The van der Waals surface area contributed by atoms with Crippen LogP contribution in [0.15, 0.2) is 42.9 Å². The Morgan fingerprint density at radius 1 is 1.43 bits per heavy atom. The van der Waals surface area contributed by atoms with Gasteiger partial charge in [-0.2, -0.15) is 4.31 Å². The molecule has 1 atom stereocenters. The lowest BCUT2D eigenvalue weighted by Gasteiger charge is -2.22. The second-order valence-corrected chi connectivity index (χ2v) is 9.71. The Hall–Kier alpha value is -1.16. The molecule has 1 aliphatic rings. The molecule has 0 radical (unpaired) electrons. The molecule has 2 aromatic heterocycles. The summed E-state index contributed by atoms with van der Waals surface area (Å²) in [4.78, 5) is 12.4. The van der Waals surface area contributed by atoms with Gasteiger partial charge in [0, 0.05) is 6.54 Å². The molecule has 9 heteroatoms. The Morgan fingerprint density at radius 3 is 2.91 bits per heavy atom. The molecule has 1 aliphatic heterocycles. The summed E-state index contributed by atoms with van der Waals surface area (Å²) in [6.45, 7) is 0.609. The molecule has 124 valence electrons. The van der Waals surface area contributed by atoms with Gasteiger partial charge < -0.3 is 9.73 Å². The average molecular weight is 419 g/mol. The van der Waals surface area contributed by atoms with Gasteiger partial charge >= 0.3 is 0 Å². The first-order valence-electron chi connectivity index (χ1n) is 7.06. The van der Waals surface area contributed by atoms with E-state index in [0.29, 0.717) is 25.1 Å². The van der Waals surface area contributed by atoms with Crippen molar-refractivity contribution < 1.29 is 17.6 Å². The molecular formula is C14H15BrN2O4S2. The van der Waals surface area contributed by atoms with Gasteiger partial charge in [-0.3, -0.25) is 4.79 Å². The zero-order valence-corrected chi connectivity index (χ0v) is 15.3. The molecule has 0 saturated carbocycles. The quantitative estimate of drug-likeness (QED) is 0.808. The van der Waals surface area contributed by atoms with Gasteiger partial charge in [0.15, 0.2) is 0 Å². The number of nitrogens with zero attached hydrogens (tertiary/aromatic N) is 1. The first-order valence-corrected chi connectivity index (χ1v) is 10.1. The van der Waals surface area contributed by atoms with Crippen molar-refractivity contribution in [2.45, 2.75) is 29.6 Å². The Labute approximate surface area is 146 Å². The van der Waals surface area contributed by atoms with E-state index in [1.165, 1.54) is 10.6 Å². The van der Waals surface area contributed by atoms with Gasteiger partial charge in [0.25, 0.3) is 10.0 Å². The van der Waals surface area contributed by atoms with E-state index in [9.17, 15) is 13.2 Å². The molecule has 3 heterocycles. The van der Waals surface area contributed by atoms with Gasteiger partial charge in [-0.15, -0.1) is 11.3 Å². The fourth-order valence-corrected chi connectivity index (χ4v) is 6.34. The summed E-state index contributed by atoms with van der Waals surface area (Å²) in [6.07, 6.45) is 2.73. The number of thiophene rings is 1. The van der Waals surface area contributed by atoms with Crippen LogP contribution in [0, 0.1) is 0 Å². The molecule has 1 fully saturated rings. The van der Waals surface area contributed by atoms with Gasteiger partial charge in [0.1, 0.15) is 16.0 Å². The van der Waals surface area contributed by atoms with Crippen LogP contribution in [0.1, 0.15) is 18.6 Å². The van der Waals surface area contributed by atoms with Gasteiger partial charge in [-0.1, -0.05) is 0 Å². The molecule has 2 aromatic rings. The summed E-state index contributed by atoms with van der Waals surface area (Å²) in [6, 6.07) is 6.07. The maximum absolute atomic E-state index is 12.7. The highest BCUT2D eigenvalue weighted by Crippen LogP contribution is 2.32. The number of furan rings is 1. The van der Waals surface area contributed by atoms with E-state index >= 15 is 0 Å². The molecule has 0 bridgehead atoms. The van der Waals surface area contributed by atoms with Crippen molar-refractivity contribution in [3.8, 4) is 0 Å². The van der Waals surface area contributed by atoms with Crippen molar-refractivity contribution in [3.05, 3.63) is 40.1 Å². The highest BCUT2D eigenvalue weighted by molar-refractivity contribution is 9.11. The van der Waals surface area contributed by atoms with Crippen molar-refractivity contribution in [3.63, 3.8) is 0 Å². The lowest BCUT2D eigenvalue weighted by atomic mass is 10.2. The Morgan fingerprint density at radius 2 is 2.26 bits per heavy atom. The standard InChI is InChI=1S/C14H15BrN2O4S2/c15-12-5-6-13(22-12)23(19,20)17-7-1-4-11(17)14(18)16-9-10-3-2-8-21-10/h2-3,5-6,8,11H,1,4,7,9H2,(H,16,18). The molecule has 1 N–H and O–H groups in total. The number of carbonyl (C=O) groups is 1. The van der Waals surface area contributed by atoms with E-state index in [1.54, 1.807) is 24.3 Å². The number of hydrogen-bond donors (Lipinski definition) is 1. The van der Waals surface area contributed by atoms with Crippen molar-refractivity contribution in [2.24, 2.45) is 0 Å². The van der Waals surface area contributed by atoms with E-state index < -0.39 is 16.1 Å². The van der Waals surface area contributed by atoms with Crippen LogP contribution in [0.4, 0.5) is 0 Å². The predicted molar refractivity (Wildman–Crippen MR) is 89.5 cm³/mol. The van der Waals surface area contributed by atoms with E-state index in [4.69, 9.17) is 4.42 Å². The number of hydrogen-bond acceptors (Lipinski definition) is 5. The van der Waals surface area contributed by atoms with E-state index in [-0.39, 0.29) is 16.7 Å². The lowest BCUT2D eigenvalue weighted by Crippen LogP contribution is -2.45. The second kappa shape index (κ2) is 6.76. The van der Waals surface area contributed by atoms with E-state index in [1.807, 2.05) is 0 Å². The van der Waals surface area contributed by atoms with Crippen molar-refractivity contribution in [1.29, 1.82) is 0 Å². The van der Waals surface area contributed by atoms with Crippen molar-refractivity contribution >= 4 is 43.2 Å². The van der Waals surface area contributed by atoms with Gasteiger partial charge in [-0.25, -0.2) is 8.42 Å². The summed E-state index contributed by atoms with van der Waals surface area (Å²) < 4.78 is 32.9. The highest BCUT2D eigenvalue weighted by atomic mass is 79.9. The largest absolute Gasteiger partial charge is 0.467 e. The fourth-order valence-electron chi connectivity index (χ4n) is 2.55. The maximum atomic E-state index is 12.7. The minimum atomic E-state index is -3.65. The molecule has 23 heavy (non-hydrogen) atoms. The molecule has 1 amide bonds. The third-order valence-corrected chi connectivity index (χ3v) is 7.63. The fraction of sp³-hybridized carbons (Fsp3) is 0.357. The Kier molecular flexibility index (Phi) is 4.90. The average Bonchev–Trinajstić information content (AvgIpc) is 3.25. The smallest absolute Gasteiger partial charge is 0.253 e. The summed E-state index contributed by atoms with van der Waals surface area (Å²) in [7, 11) is -3.65. The van der Waals surface area contributed by atoms with Crippen molar-refractivity contribution in [2.75, 3.05) is 6.54 Å². The monoisotopic (exact) mass is 418 g/mol. The van der Waals surface area contributed by atoms with Gasteiger partial charge in [0.05, 0.1) is 16.6 Å². The van der Waals surface area contributed by atoms with Crippen molar-refractivity contribution in [1.82, 2.24) is 9.62 Å². The first-order chi connectivity index (χ1) is 11.0. The van der Waals surface area contributed by atoms with Crippen LogP contribution >= 0.6 is 27.3 Å². The van der Waals surface area contributed by atoms with Crippen LogP contribution in [-0.2, 0) is 21.4 Å². The summed E-state index contributed by atoms with van der Waals surface area (Å²) >= 11 is 4.42. The van der Waals surface area contributed by atoms with Crippen LogP contribution < -0.4 is 5.32 Å². The summed E-state index contributed by atoms with van der Waals surface area (Å²) in [5, 5.41) is 2.74. The molecule has 6 nitrogen and oxygen atoms in total. The summed E-state index contributed by atoms with van der Waals surface area (Å²) in [5.74, 6) is 0.339. The molecule has 0 aliphatic carbocycles. The van der Waals surface area contributed by atoms with Crippen LogP contribution in [0.3, 0.4) is 0 Å². The molecule has 0 aromatic carbocycles. The predicted octanol–water partition coefficient (Wildman–Crippen LogP) is 2.57. The second-order valence-electron chi connectivity index (χ2n) is 5.13. The van der Waals surface area contributed by atoms with Crippen LogP contribution in [0.25, 0.3) is 0 Å². The Bertz CT molecular complexity index is 786. The lowest BCUT2D eigenvalue weighted by molar-refractivity contribution is -0.124. The minimum absolute atomic E-state index is 0.245. The number of rotatable bonds is 5. The third kappa shape index (κ3) is 3.52. The number of nitrogens with one attached hydrogen (secondary N) is 1. The summed E-state index contributed by atoms with van der Waals surface area (Å²) in [5.41, 5.74) is 0. The first kappa shape index (κ1) is 16.7. The van der Waals surface area contributed by atoms with E-state index in [2.05, 4.69) is 21.2 Å². The number of halogens is 1. The topological polar surface area (TPSA) is 79.6 Å². The normalized spacial score (nSPS) is 19.1. The van der Waals surface area contributed by atoms with Crippen LogP contribution in [0.2, 0.25) is 0 Å². The van der Waals surface area contributed by atoms with Crippen LogP contribution in [0.5, 0.6) is 0 Å². The number of carbonyl (C=O) groups excluding carboxylic acids is 1. The zero-order valence-electron chi connectivity index (χ0n) is 12.1. The van der Waals surface area contributed by atoms with Gasteiger partial charge in [0.2, 0.25) is 5.91 Å². The highest BCUT2D eigenvalue weighted by Gasteiger charge is 2.39. The number of sulfonamides is 1. The minimum Gasteiger partial charge on any atom is -0.467 e.